The Morgan fingerprint density at radius 3 is 2.64 bits per heavy atom. The second-order valence-electron chi connectivity index (χ2n) is 9.20. The molecule has 0 atom stereocenters. The fourth-order valence-corrected chi connectivity index (χ4v) is 6.88. The summed E-state index contributed by atoms with van der Waals surface area (Å²) in [6.45, 7) is 0.463. The van der Waals surface area contributed by atoms with Gasteiger partial charge in [0.25, 0.3) is 10.0 Å². The number of carbonyl (C=O) groups is 1. The number of ether oxygens (including phenoxy) is 1. The monoisotopic (exact) mass is 562 g/mol. The van der Waals surface area contributed by atoms with Crippen molar-refractivity contribution in [2.24, 2.45) is 0 Å². The van der Waals surface area contributed by atoms with Gasteiger partial charge in [-0.05, 0) is 66.8 Å². The number of hydrogen-bond donors (Lipinski definition) is 2. The van der Waals surface area contributed by atoms with Gasteiger partial charge >= 0.3 is 0 Å². The first-order valence-corrected chi connectivity index (χ1v) is 15.0. The van der Waals surface area contributed by atoms with Crippen LogP contribution in [0.1, 0.15) is 24.0 Å². The quantitative estimate of drug-likeness (QED) is 0.277. The minimum Gasteiger partial charge on any atom is -0.495 e. The zero-order valence-electron chi connectivity index (χ0n) is 21.8. The van der Waals surface area contributed by atoms with E-state index in [1.165, 1.54) is 15.6 Å². The molecule has 0 bridgehead atoms. The van der Waals surface area contributed by atoms with Gasteiger partial charge < -0.3 is 15.4 Å². The maximum Gasteiger partial charge on any atom is 0.264 e. The lowest BCUT2D eigenvalue weighted by Gasteiger charge is -2.30. The molecule has 0 saturated carbocycles. The molecule has 4 aromatic rings. The summed E-state index contributed by atoms with van der Waals surface area (Å²) < 4.78 is 33.7. The van der Waals surface area contributed by atoms with E-state index in [1.54, 1.807) is 31.4 Å². The van der Waals surface area contributed by atoms with Crippen molar-refractivity contribution < 1.29 is 17.9 Å². The third-order valence-corrected chi connectivity index (χ3v) is 9.39. The van der Waals surface area contributed by atoms with E-state index in [-0.39, 0.29) is 17.2 Å². The number of amides is 1. The Balaban J connectivity index is 1.24. The number of anilines is 3. The van der Waals surface area contributed by atoms with Crippen LogP contribution in [0.5, 0.6) is 5.75 Å². The van der Waals surface area contributed by atoms with E-state index >= 15 is 0 Å². The Morgan fingerprint density at radius 1 is 1.10 bits per heavy atom. The van der Waals surface area contributed by atoms with E-state index in [0.717, 1.165) is 46.0 Å². The highest BCUT2D eigenvalue weighted by Crippen LogP contribution is 2.33. The summed E-state index contributed by atoms with van der Waals surface area (Å²) in [4.78, 5) is 17.6. The fourth-order valence-electron chi connectivity index (χ4n) is 4.66. The van der Waals surface area contributed by atoms with Crippen molar-refractivity contribution in [3.63, 3.8) is 0 Å². The molecule has 202 valence electrons. The van der Waals surface area contributed by atoms with Crippen LogP contribution in [0, 0.1) is 0 Å². The zero-order valence-corrected chi connectivity index (χ0v) is 23.4. The first-order valence-electron chi connectivity index (χ1n) is 12.7. The molecule has 8 nitrogen and oxygen atoms in total. The van der Waals surface area contributed by atoms with Crippen molar-refractivity contribution in [2.75, 3.05) is 35.6 Å². The number of sulfonamides is 1. The van der Waals surface area contributed by atoms with Crippen LogP contribution < -0.4 is 19.7 Å². The summed E-state index contributed by atoms with van der Waals surface area (Å²) in [5.74, 6) is 0.395. The number of rotatable bonds is 9. The van der Waals surface area contributed by atoms with Gasteiger partial charge in [-0.25, -0.2) is 13.4 Å². The predicted octanol–water partition coefficient (Wildman–Crippen LogP) is 5.57. The lowest BCUT2D eigenvalue weighted by atomic mass is 10.0. The van der Waals surface area contributed by atoms with Gasteiger partial charge in [0.05, 0.1) is 29.1 Å². The molecule has 1 aromatic heterocycles. The van der Waals surface area contributed by atoms with Crippen LogP contribution in [0.3, 0.4) is 0 Å². The van der Waals surface area contributed by atoms with Gasteiger partial charge in [0.1, 0.15) is 5.75 Å². The maximum atomic E-state index is 13.4. The summed E-state index contributed by atoms with van der Waals surface area (Å²) in [5, 5.41) is 8.74. The first kappa shape index (κ1) is 26.7. The summed E-state index contributed by atoms with van der Waals surface area (Å²) in [6, 6.07) is 20.0. The van der Waals surface area contributed by atoms with Gasteiger partial charge in [-0.1, -0.05) is 30.3 Å². The van der Waals surface area contributed by atoms with Gasteiger partial charge in [0, 0.05) is 31.0 Å². The molecule has 1 amide bonds. The molecule has 3 aromatic carbocycles. The minimum atomic E-state index is -3.67. The SMILES string of the molecule is CNc1nc(-c2ccc(OC)c(NC(=O)CCc3ccc(S(=O)(=O)N4CCCc5ccccc54)cc3)c2)cs1. The summed E-state index contributed by atoms with van der Waals surface area (Å²) in [7, 11) is -0.285. The molecular formula is C29H30N4O4S2. The van der Waals surface area contributed by atoms with Crippen LogP contribution in [0.15, 0.2) is 77.0 Å². The molecule has 1 aliphatic rings. The second-order valence-corrected chi connectivity index (χ2v) is 11.9. The Labute approximate surface area is 232 Å². The molecule has 1 aliphatic heterocycles. The number of aryl methyl sites for hydroxylation is 2. The van der Waals surface area contributed by atoms with Crippen molar-refractivity contribution in [2.45, 2.75) is 30.6 Å². The normalized spacial score (nSPS) is 13.0. The van der Waals surface area contributed by atoms with E-state index in [1.807, 2.05) is 54.9 Å². The van der Waals surface area contributed by atoms with Crippen LogP contribution >= 0.6 is 11.3 Å². The number of benzene rings is 3. The Kier molecular flexibility index (Phi) is 7.85. The number of carbonyl (C=O) groups excluding carboxylic acids is 1. The van der Waals surface area contributed by atoms with Crippen molar-refractivity contribution in [3.05, 3.63) is 83.2 Å². The minimum absolute atomic E-state index is 0.165. The summed E-state index contributed by atoms with van der Waals surface area (Å²) in [6.07, 6.45) is 2.37. The molecule has 0 aliphatic carbocycles. The third-order valence-electron chi connectivity index (χ3n) is 6.71. The Morgan fingerprint density at radius 2 is 1.90 bits per heavy atom. The molecule has 39 heavy (non-hydrogen) atoms. The molecule has 0 fully saturated rings. The van der Waals surface area contributed by atoms with Gasteiger partial charge in [0.15, 0.2) is 5.13 Å². The molecule has 0 radical (unpaired) electrons. The van der Waals surface area contributed by atoms with E-state index in [2.05, 4.69) is 15.6 Å². The van der Waals surface area contributed by atoms with Crippen LogP contribution in [-0.4, -0.2) is 40.0 Å². The molecule has 2 heterocycles. The Bertz CT molecular complexity index is 1580. The number of fused-ring (bicyclic) bond motifs is 1. The van der Waals surface area contributed by atoms with Gasteiger partial charge in [-0.2, -0.15) is 0 Å². The second kappa shape index (κ2) is 11.5. The third kappa shape index (κ3) is 5.76. The van der Waals surface area contributed by atoms with Crippen molar-refractivity contribution >= 4 is 43.8 Å². The molecule has 0 unspecified atom stereocenters. The van der Waals surface area contributed by atoms with E-state index < -0.39 is 10.0 Å². The predicted molar refractivity (Wildman–Crippen MR) is 156 cm³/mol. The van der Waals surface area contributed by atoms with Crippen LogP contribution in [0.2, 0.25) is 0 Å². The number of hydrogen-bond acceptors (Lipinski definition) is 7. The lowest BCUT2D eigenvalue weighted by Crippen LogP contribution is -2.35. The maximum absolute atomic E-state index is 13.4. The van der Waals surface area contributed by atoms with Gasteiger partial charge in [-0.3, -0.25) is 9.10 Å². The van der Waals surface area contributed by atoms with Crippen molar-refractivity contribution in [1.29, 1.82) is 0 Å². The number of thiazole rings is 1. The highest BCUT2D eigenvalue weighted by Gasteiger charge is 2.28. The average Bonchev–Trinajstić information content (AvgIpc) is 3.45. The largest absolute Gasteiger partial charge is 0.495 e. The Hall–Kier alpha value is -3.89. The highest BCUT2D eigenvalue weighted by molar-refractivity contribution is 7.92. The van der Waals surface area contributed by atoms with Crippen molar-refractivity contribution in [1.82, 2.24) is 4.98 Å². The topological polar surface area (TPSA) is 101 Å². The standard InChI is InChI=1S/C29H30N4O4S2/c1-30-29-32-25(19-38-29)22-12-15-27(37-2)24(18-22)31-28(34)16-11-20-9-13-23(14-10-20)39(35,36)33-17-5-7-21-6-3-4-8-26(21)33/h3-4,6,8-10,12-15,18-19H,5,7,11,16-17H2,1-2H3,(H,30,32)(H,31,34). The summed E-state index contributed by atoms with van der Waals surface area (Å²) >= 11 is 1.51. The average molecular weight is 563 g/mol. The first-order chi connectivity index (χ1) is 18.9. The summed E-state index contributed by atoms with van der Waals surface area (Å²) in [5.41, 5.74) is 4.93. The number of nitrogens with one attached hydrogen (secondary N) is 2. The smallest absolute Gasteiger partial charge is 0.264 e. The van der Waals surface area contributed by atoms with Gasteiger partial charge in [-0.15, -0.1) is 11.3 Å². The molecule has 0 spiro atoms. The number of para-hydroxylation sites is 1. The van der Waals surface area contributed by atoms with Gasteiger partial charge in [0.2, 0.25) is 5.91 Å². The lowest BCUT2D eigenvalue weighted by molar-refractivity contribution is -0.116. The van der Waals surface area contributed by atoms with Crippen molar-refractivity contribution in [3.8, 4) is 17.0 Å². The highest BCUT2D eigenvalue weighted by atomic mass is 32.2. The number of nitrogens with zero attached hydrogens (tertiary/aromatic N) is 2. The molecule has 10 heteroatoms. The van der Waals surface area contributed by atoms with Crippen LogP contribution in [0.25, 0.3) is 11.3 Å². The molecule has 0 saturated heterocycles. The van der Waals surface area contributed by atoms with E-state index in [0.29, 0.717) is 24.4 Å². The van der Waals surface area contributed by atoms with Crippen LogP contribution in [0.4, 0.5) is 16.5 Å². The van der Waals surface area contributed by atoms with Crippen LogP contribution in [-0.2, 0) is 27.7 Å². The number of aromatic nitrogens is 1. The molecule has 2 N–H and O–H groups in total. The zero-order chi connectivity index (χ0) is 27.4. The van der Waals surface area contributed by atoms with E-state index in [9.17, 15) is 13.2 Å². The molecular weight excluding hydrogens is 532 g/mol. The fraction of sp³-hybridized carbons (Fsp3) is 0.241. The molecule has 5 rings (SSSR count). The number of methoxy groups -OCH3 is 1. The van der Waals surface area contributed by atoms with E-state index in [4.69, 9.17) is 4.74 Å².